The van der Waals surface area contributed by atoms with Gasteiger partial charge in [-0.25, -0.2) is 22.4 Å². The van der Waals surface area contributed by atoms with E-state index in [9.17, 15) is 18.0 Å². The number of pyridine rings is 1. The number of aromatic amines is 1. The number of nitrogens with zero attached hydrogens (tertiary/aromatic N) is 4. The minimum atomic E-state index is -3.83. The number of allylic oxidation sites excluding steroid dienone is 1. The largest absolute Gasteiger partial charge is 0.496 e. The van der Waals surface area contributed by atoms with Crippen LogP contribution in [-0.4, -0.2) is 58.2 Å². The van der Waals surface area contributed by atoms with Crippen LogP contribution >= 0.6 is 0 Å². The molecule has 0 radical (unpaired) electrons. The smallest absolute Gasteiger partial charge is 0.256 e. The number of nitrogens with one attached hydrogen (secondary N) is 2. The summed E-state index contributed by atoms with van der Waals surface area (Å²) < 4.78 is 34.1. The Morgan fingerprint density at radius 1 is 1.15 bits per heavy atom. The summed E-state index contributed by atoms with van der Waals surface area (Å²) in [6, 6.07) is 5.23. The van der Waals surface area contributed by atoms with Crippen molar-refractivity contribution in [3.63, 3.8) is 0 Å². The van der Waals surface area contributed by atoms with Crippen LogP contribution in [0.2, 0.25) is 0 Å². The van der Waals surface area contributed by atoms with Gasteiger partial charge in [-0.1, -0.05) is 19.9 Å². The lowest BCUT2D eigenvalue weighted by atomic mass is 9.87. The summed E-state index contributed by atoms with van der Waals surface area (Å²) in [6.07, 6.45) is 10.3. The molecule has 0 unspecified atom stereocenters. The molecule has 2 fully saturated rings. The predicted octanol–water partition coefficient (Wildman–Crippen LogP) is 5.50. The Balaban J connectivity index is 1.40. The molecule has 1 amide bonds. The van der Waals surface area contributed by atoms with E-state index in [1.807, 2.05) is 0 Å². The molecule has 6 rings (SSSR count). The highest BCUT2D eigenvalue weighted by atomic mass is 32.2. The Labute approximate surface area is 281 Å². The van der Waals surface area contributed by atoms with Gasteiger partial charge in [0.2, 0.25) is 16.0 Å². The zero-order valence-electron chi connectivity index (χ0n) is 28.3. The van der Waals surface area contributed by atoms with E-state index in [0.717, 1.165) is 25.9 Å². The van der Waals surface area contributed by atoms with Gasteiger partial charge in [0.25, 0.3) is 11.5 Å². The van der Waals surface area contributed by atoms with E-state index in [2.05, 4.69) is 35.6 Å². The van der Waals surface area contributed by atoms with Gasteiger partial charge < -0.3 is 19.9 Å². The first-order valence-electron chi connectivity index (χ1n) is 16.5. The molecular weight excluding hydrogens is 628 g/mol. The van der Waals surface area contributed by atoms with E-state index in [0.29, 0.717) is 76.1 Å². The highest BCUT2D eigenvalue weighted by Gasteiger charge is 2.54. The molecule has 1 aliphatic heterocycles. The first-order chi connectivity index (χ1) is 22.9. The molecule has 0 spiro atoms. The van der Waals surface area contributed by atoms with Gasteiger partial charge in [-0.05, 0) is 87.1 Å². The van der Waals surface area contributed by atoms with E-state index in [1.165, 1.54) is 11.1 Å². The molecule has 48 heavy (non-hydrogen) atoms. The molecule has 1 aliphatic carbocycles. The lowest BCUT2D eigenvalue weighted by Gasteiger charge is -2.33. The number of fused-ring (bicyclic) bond motifs is 1. The van der Waals surface area contributed by atoms with E-state index in [1.54, 1.807) is 56.7 Å². The van der Waals surface area contributed by atoms with Crippen molar-refractivity contribution in [1.82, 2.24) is 24.2 Å². The summed E-state index contributed by atoms with van der Waals surface area (Å²) in [5.41, 5.74) is 3.13. The van der Waals surface area contributed by atoms with Crippen LogP contribution in [0, 0.1) is 25.7 Å². The minimum absolute atomic E-state index is 0.0881. The summed E-state index contributed by atoms with van der Waals surface area (Å²) >= 11 is 0. The molecule has 2 N–H and O–H groups in total. The molecule has 0 bridgehead atoms. The van der Waals surface area contributed by atoms with Crippen LogP contribution in [0.15, 0.2) is 54.2 Å². The van der Waals surface area contributed by atoms with Gasteiger partial charge in [0.15, 0.2) is 0 Å². The maximum Gasteiger partial charge on any atom is 0.256 e. The molecule has 4 aromatic rings. The molecular formula is C36H44N6O5S. The van der Waals surface area contributed by atoms with Gasteiger partial charge in [-0.15, -0.1) is 6.58 Å². The van der Waals surface area contributed by atoms with Crippen molar-refractivity contribution in [3.8, 4) is 16.9 Å². The number of aromatic nitrogens is 4. The number of methoxy groups -OCH3 is 1. The second-order valence-electron chi connectivity index (χ2n) is 13.6. The fourth-order valence-corrected chi connectivity index (χ4v) is 9.01. The SMILES string of the molecule is C=CCC1(S(=O)(=O)n2cc(C)c3c(C(=O)NCc4c(OC)cc(C)[nH]c4=O)cc(-c4cnc(N5CCC(C(C)C)CC5)nc4)cc32)CC1. The van der Waals surface area contributed by atoms with Crippen molar-refractivity contribution in [1.29, 1.82) is 0 Å². The third-order valence-electron chi connectivity index (χ3n) is 10.0. The fourth-order valence-electron chi connectivity index (χ4n) is 6.95. The zero-order valence-corrected chi connectivity index (χ0v) is 29.1. The topological polar surface area (TPSA) is 139 Å². The number of amides is 1. The number of H-pyrrole nitrogens is 1. The molecule has 0 atom stereocenters. The summed E-state index contributed by atoms with van der Waals surface area (Å²) in [7, 11) is -2.36. The maximum atomic E-state index is 14.1. The van der Waals surface area contributed by atoms with Crippen molar-refractivity contribution in [3.05, 3.63) is 82.2 Å². The number of carbonyl (C=O) groups is 1. The van der Waals surface area contributed by atoms with E-state index < -0.39 is 20.7 Å². The van der Waals surface area contributed by atoms with Crippen molar-refractivity contribution >= 4 is 32.8 Å². The van der Waals surface area contributed by atoms with Crippen LogP contribution in [0.4, 0.5) is 5.95 Å². The third kappa shape index (κ3) is 6.02. The van der Waals surface area contributed by atoms with Crippen molar-refractivity contribution in [2.24, 2.45) is 11.8 Å². The van der Waals surface area contributed by atoms with Crippen LogP contribution in [-0.2, 0) is 16.6 Å². The van der Waals surface area contributed by atoms with Gasteiger partial charge in [-0.3, -0.25) is 9.59 Å². The molecule has 1 saturated carbocycles. The number of piperidine rings is 1. The van der Waals surface area contributed by atoms with Crippen LogP contribution in [0.5, 0.6) is 5.75 Å². The van der Waals surface area contributed by atoms with Crippen LogP contribution in [0.25, 0.3) is 22.0 Å². The summed E-state index contributed by atoms with van der Waals surface area (Å²) in [6.45, 7) is 13.6. The standard InChI is InChI=1S/C36H44N6O5S/c1-7-10-36(11-12-36)48(45,46)42-21-23(4)32-28(33(43)37-20-29-31(47-6)15-24(5)40-34(29)44)16-26(17-30(32)42)27-18-38-35(39-19-27)41-13-8-25(9-14-41)22(2)3/h7,15-19,21-22,25H,1,8-14,20H2,2-6H3,(H,37,43)(H,40,44). The van der Waals surface area contributed by atoms with Gasteiger partial charge in [-0.2, -0.15) is 0 Å². The summed E-state index contributed by atoms with van der Waals surface area (Å²) in [5, 5.41) is 3.39. The predicted molar refractivity (Wildman–Crippen MR) is 188 cm³/mol. The van der Waals surface area contributed by atoms with Gasteiger partial charge in [0, 0.05) is 53.9 Å². The summed E-state index contributed by atoms with van der Waals surface area (Å²) in [5.74, 6) is 1.90. The fraction of sp³-hybridized carbons (Fsp3) is 0.444. The number of rotatable bonds is 11. The molecule has 2 aliphatic rings. The first kappa shape index (κ1) is 33.5. The quantitative estimate of drug-likeness (QED) is 0.199. The second-order valence-corrected chi connectivity index (χ2v) is 15.8. The Morgan fingerprint density at radius 2 is 1.83 bits per heavy atom. The Hall–Kier alpha value is -4.45. The van der Waals surface area contributed by atoms with E-state index >= 15 is 0 Å². The van der Waals surface area contributed by atoms with Gasteiger partial charge >= 0.3 is 0 Å². The van der Waals surface area contributed by atoms with Crippen molar-refractivity contribution in [2.45, 2.75) is 71.1 Å². The zero-order chi connectivity index (χ0) is 34.4. The monoisotopic (exact) mass is 672 g/mol. The van der Waals surface area contributed by atoms with Crippen molar-refractivity contribution < 1.29 is 17.9 Å². The third-order valence-corrected chi connectivity index (χ3v) is 12.5. The molecule has 12 heteroatoms. The molecule has 1 saturated heterocycles. The minimum Gasteiger partial charge on any atom is -0.496 e. The molecule has 11 nitrogen and oxygen atoms in total. The van der Waals surface area contributed by atoms with Crippen LogP contribution in [0.1, 0.15) is 73.1 Å². The summed E-state index contributed by atoms with van der Waals surface area (Å²) in [4.78, 5) is 41.1. The van der Waals surface area contributed by atoms with Crippen molar-refractivity contribution in [2.75, 3.05) is 25.1 Å². The number of aryl methyl sites for hydroxylation is 2. The molecule has 4 heterocycles. The number of hydrogen-bond acceptors (Lipinski definition) is 8. The molecule has 254 valence electrons. The number of carbonyl (C=O) groups excluding carboxylic acids is 1. The maximum absolute atomic E-state index is 14.1. The van der Waals surface area contributed by atoms with Gasteiger partial charge in [0.05, 0.1) is 29.5 Å². The average molecular weight is 673 g/mol. The van der Waals surface area contributed by atoms with Gasteiger partial charge in [0.1, 0.15) is 5.75 Å². The molecule has 3 aromatic heterocycles. The lowest BCUT2D eigenvalue weighted by Crippen LogP contribution is -2.36. The van der Waals surface area contributed by atoms with Crippen LogP contribution < -0.4 is 20.5 Å². The second kappa shape index (κ2) is 12.9. The Bertz CT molecular complexity index is 2040. The van der Waals surface area contributed by atoms with E-state index in [-0.39, 0.29) is 23.2 Å². The Kier molecular flexibility index (Phi) is 8.97. The number of anilines is 1. The number of ether oxygens (including phenoxy) is 1. The highest BCUT2D eigenvalue weighted by molar-refractivity contribution is 7.91. The highest BCUT2D eigenvalue weighted by Crippen LogP contribution is 2.49. The normalized spacial score (nSPS) is 16.3. The molecule has 1 aromatic carbocycles. The lowest BCUT2D eigenvalue weighted by molar-refractivity contribution is 0.0952. The first-order valence-corrected chi connectivity index (χ1v) is 18.0. The number of hydrogen-bond donors (Lipinski definition) is 2. The average Bonchev–Trinajstić information content (AvgIpc) is 3.79. The van der Waals surface area contributed by atoms with Crippen LogP contribution in [0.3, 0.4) is 0 Å². The van der Waals surface area contributed by atoms with E-state index in [4.69, 9.17) is 14.7 Å². The number of benzene rings is 1. The Morgan fingerprint density at radius 3 is 2.44 bits per heavy atom.